The van der Waals surface area contributed by atoms with E-state index in [0.29, 0.717) is 11.2 Å². The van der Waals surface area contributed by atoms with Crippen molar-refractivity contribution >= 4 is 17.3 Å². The Bertz CT molecular complexity index is 383. The van der Waals surface area contributed by atoms with Crippen molar-refractivity contribution in [2.24, 2.45) is 5.92 Å². The first-order valence-electron chi connectivity index (χ1n) is 6.74. The molecule has 1 fully saturated rings. The fourth-order valence-electron chi connectivity index (χ4n) is 2.53. The molecule has 2 heterocycles. The van der Waals surface area contributed by atoms with Crippen molar-refractivity contribution in [1.29, 1.82) is 0 Å². The highest BCUT2D eigenvalue weighted by Crippen LogP contribution is 2.18. The first-order valence-corrected chi connectivity index (χ1v) is 7.12. The molecule has 0 radical (unpaired) electrons. The first kappa shape index (κ1) is 13.6. The van der Waals surface area contributed by atoms with Crippen molar-refractivity contribution in [3.8, 4) is 0 Å². The third-order valence-electron chi connectivity index (χ3n) is 3.64. The molecule has 0 spiro atoms. The van der Waals surface area contributed by atoms with Crippen LogP contribution in [-0.2, 0) is 0 Å². The van der Waals surface area contributed by atoms with Gasteiger partial charge in [-0.25, -0.2) is 4.98 Å². The highest BCUT2D eigenvalue weighted by atomic mass is 35.5. The molecule has 2 unspecified atom stereocenters. The van der Waals surface area contributed by atoms with Crippen LogP contribution in [0.5, 0.6) is 0 Å². The number of piperidine rings is 1. The second-order valence-electron chi connectivity index (χ2n) is 5.34. The van der Waals surface area contributed by atoms with E-state index in [4.69, 9.17) is 11.6 Å². The lowest BCUT2D eigenvalue weighted by Crippen LogP contribution is -2.43. The van der Waals surface area contributed by atoms with Crippen molar-refractivity contribution in [2.45, 2.75) is 32.7 Å². The van der Waals surface area contributed by atoms with E-state index in [1.165, 1.54) is 25.9 Å². The van der Waals surface area contributed by atoms with Crippen molar-refractivity contribution < 1.29 is 0 Å². The van der Waals surface area contributed by atoms with E-state index in [-0.39, 0.29) is 0 Å². The Labute approximate surface area is 115 Å². The Morgan fingerprint density at radius 3 is 3.17 bits per heavy atom. The van der Waals surface area contributed by atoms with Gasteiger partial charge in [-0.1, -0.05) is 18.5 Å². The van der Waals surface area contributed by atoms with E-state index in [2.05, 4.69) is 29.0 Å². The summed E-state index contributed by atoms with van der Waals surface area (Å²) >= 11 is 5.87. The maximum atomic E-state index is 5.87. The molecule has 1 aliphatic heterocycles. The van der Waals surface area contributed by atoms with Crippen LogP contribution in [0.25, 0.3) is 0 Å². The van der Waals surface area contributed by atoms with Crippen LogP contribution >= 0.6 is 11.6 Å². The number of aromatic nitrogens is 1. The van der Waals surface area contributed by atoms with Gasteiger partial charge in [0.05, 0.1) is 0 Å². The summed E-state index contributed by atoms with van der Waals surface area (Å²) in [6.45, 7) is 8.03. The Morgan fingerprint density at radius 2 is 2.44 bits per heavy atom. The molecule has 0 aromatic carbocycles. The van der Waals surface area contributed by atoms with Gasteiger partial charge < -0.3 is 5.32 Å². The molecule has 100 valence electrons. The Kier molecular flexibility index (Phi) is 4.84. The van der Waals surface area contributed by atoms with E-state index in [0.717, 1.165) is 18.2 Å². The summed E-state index contributed by atoms with van der Waals surface area (Å²) in [6, 6.07) is 4.38. The summed E-state index contributed by atoms with van der Waals surface area (Å²) < 4.78 is 0. The maximum Gasteiger partial charge on any atom is 0.131 e. The molecule has 0 amide bonds. The number of hydrogen-bond donors (Lipinski definition) is 1. The molecule has 2 rings (SSSR count). The Morgan fingerprint density at radius 1 is 1.61 bits per heavy atom. The van der Waals surface area contributed by atoms with Crippen molar-refractivity contribution in [3.63, 3.8) is 0 Å². The summed E-state index contributed by atoms with van der Waals surface area (Å²) in [5.41, 5.74) is 1.05. The lowest BCUT2D eigenvalue weighted by molar-refractivity contribution is 0.144. The van der Waals surface area contributed by atoms with Gasteiger partial charge in [-0.05, 0) is 44.4 Å². The average Bonchev–Trinajstić information content (AvgIpc) is 2.36. The summed E-state index contributed by atoms with van der Waals surface area (Å²) in [6.07, 6.45) is 4.43. The third kappa shape index (κ3) is 3.85. The minimum Gasteiger partial charge on any atom is -0.383 e. The Balaban J connectivity index is 1.82. The quantitative estimate of drug-likeness (QED) is 0.849. The molecule has 0 aliphatic carbocycles. The fraction of sp³-hybridized carbons (Fsp3) is 0.643. The number of nitrogens with zero attached hydrogens (tertiary/aromatic N) is 2. The fourth-order valence-corrected chi connectivity index (χ4v) is 2.71. The van der Waals surface area contributed by atoms with Gasteiger partial charge in [0, 0.05) is 31.0 Å². The minimum absolute atomic E-state index is 0.541. The second kappa shape index (κ2) is 6.39. The normalized spacial score (nSPS) is 22.7. The van der Waals surface area contributed by atoms with E-state index < -0.39 is 0 Å². The van der Waals surface area contributed by atoms with Gasteiger partial charge in [-0.15, -0.1) is 0 Å². The van der Waals surface area contributed by atoms with Gasteiger partial charge in [0.2, 0.25) is 0 Å². The topological polar surface area (TPSA) is 28.2 Å². The summed E-state index contributed by atoms with van der Waals surface area (Å²) in [7, 11) is 0. The van der Waals surface area contributed by atoms with Crippen LogP contribution in [0.2, 0.25) is 5.15 Å². The molecule has 18 heavy (non-hydrogen) atoms. The first-order chi connectivity index (χ1) is 8.65. The van der Waals surface area contributed by atoms with Crippen LogP contribution in [0.4, 0.5) is 5.69 Å². The summed E-state index contributed by atoms with van der Waals surface area (Å²) in [4.78, 5) is 6.56. The Hall–Kier alpha value is -0.800. The van der Waals surface area contributed by atoms with Crippen LogP contribution in [-0.4, -0.2) is 35.6 Å². The molecule has 2 atom stereocenters. The lowest BCUT2D eigenvalue weighted by atomic mass is 9.99. The minimum atomic E-state index is 0.541. The number of nitrogens with one attached hydrogen (secondary N) is 1. The smallest absolute Gasteiger partial charge is 0.131 e. The van der Waals surface area contributed by atoms with Gasteiger partial charge in [0.1, 0.15) is 5.15 Å². The maximum absolute atomic E-state index is 5.87. The standard InChI is InChI=1S/C14H22ClN3/c1-11-4-3-7-18(10-11)12(2)9-17-13-5-6-16-14(15)8-13/h5-6,8,11-12H,3-4,7,9-10H2,1-2H3,(H,16,17). The van der Waals surface area contributed by atoms with E-state index in [1.807, 2.05) is 12.1 Å². The van der Waals surface area contributed by atoms with Gasteiger partial charge in [0.15, 0.2) is 0 Å². The van der Waals surface area contributed by atoms with Crippen molar-refractivity contribution in [1.82, 2.24) is 9.88 Å². The molecule has 1 aliphatic rings. The number of hydrogen-bond acceptors (Lipinski definition) is 3. The van der Waals surface area contributed by atoms with Crippen LogP contribution < -0.4 is 5.32 Å². The monoisotopic (exact) mass is 267 g/mol. The summed E-state index contributed by atoms with van der Waals surface area (Å²) in [5, 5.41) is 3.97. The van der Waals surface area contributed by atoms with E-state index in [1.54, 1.807) is 6.20 Å². The van der Waals surface area contributed by atoms with Gasteiger partial charge in [0.25, 0.3) is 0 Å². The lowest BCUT2D eigenvalue weighted by Gasteiger charge is -2.35. The number of halogens is 1. The molecular weight excluding hydrogens is 246 g/mol. The number of rotatable bonds is 4. The zero-order chi connectivity index (χ0) is 13.0. The van der Waals surface area contributed by atoms with Crippen LogP contribution in [0, 0.1) is 5.92 Å². The van der Waals surface area contributed by atoms with E-state index in [9.17, 15) is 0 Å². The third-order valence-corrected chi connectivity index (χ3v) is 3.85. The van der Waals surface area contributed by atoms with Crippen molar-refractivity contribution in [2.75, 3.05) is 25.0 Å². The molecule has 0 saturated carbocycles. The molecule has 1 aromatic heterocycles. The molecule has 0 bridgehead atoms. The number of anilines is 1. The zero-order valence-corrected chi connectivity index (χ0v) is 12.0. The molecular formula is C14H22ClN3. The molecule has 1 N–H and O–H groups in total. The van der Waals surface area contributed by atoms with Gasteiger partial charge in [-0.3, -0.25) is 4.90 Å². The molecule has 4 heteroatoms. The highest BCUT2D eigenvalue weighted by molar-refractivity contribution is 6.29. The molecule has 3 nitrogen and oxygen atoms in total. The highest BCUT2D eigenvalue weighted by Gasteiger charge is 2.20. The predicted molar refractivity (Wildman–Crippen MR) is 77.2 cm³/mol. The molecule has 1 saturated heterocycles. The van der Waals surface area contributed by atoms with Crippen molar-refractivity contribution in [3.05, 3.63) is 23.5 Å². The van der Waals surface area contributed by atoms with Crippen LogP contribution in [0.1, 0.15) is 26.7 Å². The SMILES string of the molecule is CC1CCCN(C(C)CNc2ccnc(Cl)c2)C1. The van der Waals surface area contributed by atoms with Crippen LogP contribution in [0.3, 0.4) is 0 Å². The van der Waals surface area contributed by atoms with E-state index >= 15 is 0 Å². The second-order valence-corrected chi connectivity index (χ2v) is 5.73. The molecule has 1 aromatic rings. The van der Waals surface area contributed by atoms with Gasteiger partial charge in [-0.2, -0.15) is 0 Å². The average molecular weight is 268 g/mol. The van der Waals surface area contributed by atoms with Gasteiger partial charge >= 0.3 is 0 Å². The number of likely N-dealkylation sites (tertiary alicyclic amines) is 1. The largest absolute Gasteiger partial charge is 0.383 e. The predicted octanol–water partition coefficient (Wildman–Crippen LogP) is 3.27. The summed E-state index contributed by atoms with van der Waals surface area (Å²) in [5.74, 6) is 0.830. The van der Waals surface area contributed by atoms with Crippen LogP contribution in [0.15, 0.2) is 18.3 Å². The zero-order valence-electron chi connectivity index (χ0n) is 11.2. The number of pyridine rings is 1.